The molecule has 29 heavy (non-hydrogen) atoms. The molecule has 1 atom stereocenters. The molecule has 0 aliphatic heterocycles. The summed E-state index contributed by atoms with van der Waals surface area (Å²) in [6.07, 6.45) is 4.22. The van der Waals surface area contributed by atoms with Crippen molar-refractivity contribution in [1.82, 2.24) is 10.2 Å². The Morgan fingerprint density at radius 1 is 1.17 bits per heavy atom. The van der Waals surface area contributed by atoms with Crippen molar-refractivity contribution in [2.75, 3.05) is 0 Å². The summed E-state index contributed by atoms with van der Waals surface area (Å²) in [7, 11) is 0. The van der Waals surface area contributed by atoms with Crippen LogP contribution >= 0.6 is 11.6 Å². The lowest BCUT2D eigenvalue weighted by Gasteiger charge is -2.30. The van der Waals surface area contributed by atoms with E-state index in [1.54, 1.807) is 43.3 Å². The molecule has 1 aliphatic rings. The largest absolute Gasteiger partial charge is 0.352 e. The normalized spacial score (nSPS) is 15.1. The van der Waals surface area contributed by atoms with Crippen molar-refractivity contribution >= 4 is 23.4 Å². The van der Waals surface area contributed by atoms with E-state index in [-0.39, 0.29) is 30.8 Å². The molecule has 0 spiro atoms. The first kappa shape index (κ1) is 21.3. The molecule has 0 aromatic heterocycles. The molecule has 1 fully saturated rings. The smallest absolute Gasteiger partial charge is 0.242 e. The maximum absolute atomic E-state index is 14.2. The quantitative estimate of drug-likeness (QED) is 0.722. The Morgan fingerprint density at radius 2 is 1.90 bits per heavy atom. The lowest BCUT2D eigenvalue weighted by molar-refractivity contribution is -0.140. The lowest BCUT2D eigenvalue weighted by atomic mass is 10.1. The van der Waals surface area contributed by atoms with E-state index in [0.29, 0.717) is 10.6 Å². The Morgan fingerprint density at radius 3 is 2.59 bits per heavy atom. The van der Waals surface area contributed by atoms with Gasteiger partial charge in [-0.1, -0.05) is 54.8 Å². The predicted molar refractivity (Wildman–Crippen MR) is 112 cm³/mol. The third-order valence-electron chi connectivity index (χ3n) is 5.41. The maximum atomic E-state index is 14.2. The summed E-state index contributed by atoms with van der Waals surface area (Å²) >= 11 is 6.03. The van der Waals surface area contributed by atoms with Crippen LogP contribution in [0.3, 0.4) is 0 Å². The summed E-state index contributed by atoms with van der Waals surface area (Å²) in [5.41, 5.74) is 1.14. The van der Waals surface area contributed by atoms with Crippen molar-refractivity contribution in [1.29, 1.82) is 0 Å². The van der Waals surface area contributed by atoms with Gasteiger partial charge >= 0.3 is 0 Å². The number of carbonyl (C=O) groups is 2. The van der Waals surface area contributed by atoms with Gasteiger partial charge in [-0.3, -0.25) is 9.59 Å². The molecule has 3 rings (SSSR count). The van der Waals surface area contributed by atoms with Crippen molar-refractivity contribution in [3.63, 3.8) is 0 Å². The Bertz CT molecular complexity index is 867. The van der Waals surface area contributed by atoms with E-state index >= 15 is 0 Å². The van der Waals surface area contributed by atoms with Crippen molar-refractivity contribution in [2.45, 2.75) is 57.7 Å². The molecule has 2 aromatic carbocycles. The summed E-state index contributed by atoms with van der Waals surface area (Å²) in [4.78, 5) is 27.4. The zero-order valence-electron chi connectivity index (χ0n) is 16.5. The molecule has 1 saturated carbocycles. The van der Waals surface area contributed by atoms with E-state index < -0.39 is 11.9 Å². The standard InChI is InChI=1S/C23H26ClFN2O2/c1-16(23(29)26-20-10-3-4-11-20)27(15-18-8-2-5-12-21(18)25)22(28)14-17-7-6-9-19(24)13-17/h2,5-9,12-13,16,20H,3-4,10-11,14-15H2,1H3,(H,26,29)/t16-/m0/s1. The second-order valence-electron chi connectivity index (χ2n) is 7.59. The fraction of sp³-hybridized carbons (Fsp3) is 0.391. The number of carbonyl (C=O) groups excluding carboxylic acids is 2. The molecule has 1 aliphatic carbocycles. The molecule has 1 N–H and O–H groups in total. The minimum absolute atomic E-state index is 0.0331. The summed E-state index contributed by atoms with van der Waals surface area (Å²) in [6.45, 7) is 1.73. The monoisotopic (exact) mass is 416 g/mol. The van der Waals surface area contributed by atoms with Crippen molar-refractivity contribution in [3.05, 3.63) is 70.5 Å². The van der Waals surface area contributed by atoms with Crippen LogP contribution in [0, 0.1) is 5.82 Å². The van der Waals surface area contributed by atoms with Gasteiger partial charge in [-0.05, 0) is 43.5 Å². The molecule has 0 bridgehead atoms. The average molecular weight is 417 g/mol. The number of rotatable bonds is 7. The van der Waals surface area contributed by atoms with Crippen LogP contribution in [0.2, 0.25) is 5.02 Å². The zero-order valence-corrected chi connectivity index (χ0v) is 17.3. The van der Waals surface area contributed by atoms with Crippen molar-refractivity contribution in [2.24, 2.45) is 0 Å². The van der Waals surface area contributed by atoms with Crippen molar-refractivity contribution in [3.8, 4) is 0 Å². The number of nitrogens with one attached hydrogen (secondary N) is 1. The average Bonchev–Trinajstić information content (AvgIpc) is 3.19. The topological polar surface area (TPSA) is 49.4 Å². The van der Waals surface area contributed by atoms with Crippen LogP contribution in [-0.4, -0.2) is 28.8 Å². The molecule has 2 aromatic rings. The first-order valence-corrected chi connectivity index (χ1v) is 10.4. The van der Waals surface area contributed by atoms with Gasteiger partial charge in [0.25, 0.3) is 0 Å². The van der Waals surface area contributed by atoms with Gasteiger partial charge in [0.05, 0.1) is 6.42 Å². The second kappa shape index (κ2) is 9.88. The van der Waals surface area contributed by atoms with E-state index in [1.165, 1.54) is 11.0 Å². The lowest BCUT2D eigenvalue weighted by Crippen LogP contribution is -2.50. The first-order valence-electron chi connectivity index (χ1n) is 10.0. The van der Waals surface area contributed by atoms with Crippen LogP contribution in [0.25, 0.3) is 0 Å². The molecule has 154 valence electrons. The molecule has 6 heteroatoms. The highest BCUT2D eigenvalue weighted by atomic mass is 35.5. The predicted octanol–water partition coefficient (Wildman–Crippen LogP) is 4.50. The molecular weight excluding hydrogens is 391 g/mol. The van der Waals surface area contributed by atoms with Gasteiger partial charge in [-0.2, -0.15) is 0 Å². The zero-order chi connectivity index (χ0) is 20.8. The van der Waals surface area contributed by atoms with Gasteiger partial charge in [0.2, 0.25) is 11.8 Å². The molecule has 2 amide bonds. The second-order valence-corrected chi connectivity index (χ2v) is 8.02. The van der Waals surface area contributed by atoms with Gasteiger partial charge in [-0.15, -0.1) is 0 Å². The number of nitrogens with zero attached hydrogens (tertiary/aromatic N) is 1. The molecule has 0 saturated heterocycles. The molecule has 0 radical (unpaired) electrons. The van der Waals surface area contributed by atoms with Gasteiger partial charge in [0.15, 0.2) is 0 Å². The SMILES string of the molecule is C[C@@H](C(=O)NC1CCCC1)N(Cc1ccccc1F)C(=O)Cc1cccc(Cl)c1. The molecule has 4 nitrogen and oxygen atoms in total. The van der Waals surface area contributed by atoms with E-state index in [4.69, 9.17) is 11.6 Å². The Hall–Kier alpha value is -2.40. The fourth-order valence-electron chi connectivity index (χ4n) is 3.71. The van der Waals surface area contributed by atoms with Crippen LogP contribution in [0.1, 0.15) is 43.7 Å². The summed E-state index contributed by atoms with van der Waals surface area (Å²) in [6, 6.07) is 12.8. The maximum Gasteiger partial charge on any atom is 0.242 e. The number of halogens is 2. The third kappa shape index (κ3) is 5.80. The third-order valence-corrected chi connectivity index (χ3v) is 5.65. The van der Waals surface area contributed by atoms with Crippen LogP contribution in [0.15, 0.2) is 48.5 Å². The van der Waals surface area contributed by atoms with Crippen LogP contribution in [0.5, 0.6) is 0 Å². The summed E-state index contributed by atoms with van der Waals surface area (Å²) in [5, 5.41) is 3.58. The van der Waals surface area contributed by atoms with Gasteiger partial charge < -0.3 is 10.2 Å². The Balaban J connectivity index is 1.78. The van der Waals surface area contributed by atoms with E-state index in [1.807, 2.05) is 6.07 Å². The van der Waals surface area contributed by atoms with Crippen molar-refractivity contribution < 1.29 is 14.0 Å². The Labute approximate surface area is 176 Å². The molecule has 0 unspecified atom stereocenters. The highest BCUT2D eigenvalue weighted by Crippen LogP contribution is 2.20. The summed E-state index contributed by atoms with van der Waals surface area (Å²) in [5.74, 6) is -0.839. The van der Waals surface area contributed by atoms with E-state index in [9.17, 15) is 14.0 Å². The first-order chi connectivity index (χ1) is 13.9. The van der Waals surface area contributed by atoms with E-state index in [2.05, 4.69) is 5.32 Å². The van der Waals surface area contributed by atoms with Gasteiger partial charge in [0.1, 0.15) is 11.9 Å². The number of hydrogen-bond acceptors (Lipinski definition) is 2. The number of benzene rings is 2. The number of amides is 2. The van der Waals surface area contributed by atoms with Crippen LogP contribution in [0.4, 0.5) is 4.39 Å². The van der Waals surface area contributed by atoms with Gasteiger partial charge in [0, 0.05) is 23.2 Å². The van der Waals surface area contributed by atoms with Crippen LogP contribution < -0.4 is 5.32 Å². The van der Waals surface area contributed by atoms with E-state index in [0.717, 1.165) is 31.2 Å². The van der Waals surface area contributed by atoms with Gasteiger partial charge in [-0.25, -0.2) is 4.39 Å². The summed E-state index contributed by atoms with van der Waals surface area (Å²) < 4.78 is 14.2. The highest BCUT2D eigenvalue weighted by Gasteiger charge is 2.29. The molecular formula is C23H26ClFN2O2. The number of hydrogen-bond donors (Lipinski definition) is 1. The minimum Gasteiger partial charge on any atom is -0.352 e. The minimum atomic E-state index is -0.707. The Kier molecular flexibility index (Phi) is 7.26. The fourth-order valence-corrected chi connectivity index (χ4v) is 3.92. The van der Waals surface area contributed by atoms with Crippen LogP contribution in [-0.2, 0) is 22.6 Å². The highest BCUT2D eigenvalue weighted by molar-refractivity contribution is 6.30. The molecule has 0 heterocycles.